The lowest BCUT2D eigenvalue weighted by Gasteiger charge is -2.48. The third kappa shape index (κ3) is 3.47. The molecule has 2 atom stereocenters. The molecule has 0 aromatic carbocycles. The average molecular weight is 415 g/mol. The van der Waals surface area contributed by atoms with Crippen LogP contribution in [-0.2, 0) is 20.9 Å². The summed E-state index contributed by atoms with van der Waals surface area (Å²) in [6.07, 6.45) is 0. The Bertz CT molecular complexity index is 868. The lowest BCUT2D eigenvalue weighted by molar-refractivity contribution is -0.147. The number of amides is 1. The molecular formula is C12H13N7O6S2. The lowest BCUT2D eigenvalue weighted by Crippen LogP contribution is -2.68. The van der Waals surface area contributed by atoms with Crippen LogP contribution < -0.4 is 5.73 Å². The molecule has 13 nitrogen and oxygen atoms in total. The van der Waals surface area contributed by atoms with E-state index in [0.717, 1.165) is 16.4 Å². The van der Waals surface area contributed by atoms with Gasteiger partial charge in [-0.1, -0.05) is 16.9 Å². The van der Waals surface area contributed by atoms with Gasteiger partial charge in [-0.15, -0.1) is 16.9 Å². The van der Waals surface area contributed by atoms with Gasteiger partial charge in [-0.2, -0.15) is 0 Å². The van der Waals surface area contributed by atoms with Crippen molar-refractivity contribution in [2.45, 2.75) is 23.1 Å². The number of hydrogen-bond acceptors (Lipinski definition) is 11. The van der Waals surface area contributed by atoms with Crippen LogP contribution in [0.2, 0.25) is 0 Å². The fourth-order valence-electron chi connectivity index (χ4n) is 2.53. The maximum atomic E-state index is 11.9. The van der Waals surface area contributed by atoms with Gasteiger partial charge in [0.2, 0.25) is 11.1 Å². The minimum atomic E-state index is -1.43. The van der Waals surface area contributed by atoms with Crippen molar-refractivity contribution in [2.24, 2.45) is 10.9 Å². The van der Waals surface area contributed by atoms with Crippen LogP contribution in [-0.4, -0.2) is 87.0 Å². The fourth-order valence-corrected chi connectivity index (χ4v) is 4.83. The highest BCUT2D eigenvalue weighted by Crippen LogP contribution is 2.40. The number of nitrogens with zero attached hydrogens (tertiary/aromatic N) is 6. The van der Waals surface area contributed by atoms with E-state index in [1.54, 1.807) is 0 Å². The topological polar surface area (TPSA) is 197 Å². The van der Waals surface area contributed by atoms with Gasteiger partial charge in [-0.3, -0.25) is 9.69 Å². The zero-order chi connectivity index (χ0) is 19.7. The third-order valence-electron chi connectivity index (χ3n) is 3.83. The van der Waals surface area contributed by atoms with Crippen molar-refractivity contribution in [3.8, 4) is 0 Å². The number of hydrogen-bond donors (Lipinski definition) is 4. The highest BCUT2D eigenvalue weighted by atomic mass is 32.2. The number of oxime groups is 1. The summed E-state index contributed by atoms with van der Waals surface area (Å²) in [4.78, 5) is 35.6. The standard InChI is InChI=1S/C12H13N7O6S2/c13-6-8(20)19-7(11(23)24)4(2-26-9(6)19)3-27-12-14-16-17-18(12)1-5(15-25)10(21)22/h6,9,25H,1-3,13H2,(H,21,22)(H,23,24)/t6?,9-/m1/s1. The minimum absolute atomic E-state index is 0.0971. The Balaban J connectivity index is 1.77. The molecule has 27 heavy (non-hydrogen) atoms. The zero-order valence-electron chi connectivity index (χ0n) is 13.4. The van der Waals surface area contributed by atoms with Gasteiger partial charge in [0.25, 0.3) is 0 Å². The Labute approximate surface area is 159 Å². The number of rotatable bonds is 7. The van der Waals surface area contributed by atoms with Gasteiger partial charge in [0.15, 0.2) is 5.71 Å². The van der Waals surface area contributed by atoms with Gasteiger partial charge in [-0.25, -0.2) is 14.3 Å². The summed E-state index contributed by atoms with van der Waals surface area (Å²) >= 11 is 2.44. The van der Waals surface area contributed by atoms with Crippen molar-refractivity contribution in [1.29, 1.82) is 0 Å². The number of tetrazole rings is 1. The van der Waals surface area contributed by atoms with Gasteiger partial charge < -0.3 is 21.2 Å². The maximum Gasteiger partial charge on any atom is 0.355 e. The summed E-state index contributed by atoms with van der Waals surface area (Å²) in [5, 5.41) is 40.4. The number of nitrogens with two attached hydrogens (primary N) is 1. The first kappa shape index (κ1) is 19.1. The van der Waals surface area contributed by atoms with Crippen molar-refractivity contribution in [2.75, 3.05) is 11.5 Å². The molecule has 2 aliphatic rings. The number of carbonyl (C=O) groups excluding carboxylic acids is 1. The van der Waals surface area contributed by atoms with Gasteiger partial charge in [0.1, 0.15) is 17.1 Å². The van der Waals surface area contributed by atoms with Crippen LogP contribution in [0.3, 0.4) is 0 Å². The van der Waals surface area contributed by atoms with Crippen LogP contribution in [0.4, 0.5) is 0 Å². The van der Waals surface area contributed by atoms with Crippen LogP contribution in [0.25, 0.3) is 0 Å². The van der Waals surface area contributed by atoms with Crippen molar-refractivity contribution in [1.82, 2.24) is 25.1 Å². The first-order chi connectivity index (χ1) is 12.8. The van der Waals surface area contributed by atoms with E-state index in [0.29, 0.717) is 11.3 Å². The van der Waals surface area contributed by atoms with E-state index < -0.39 is 29.6 Å². The summed E-state index contributed by atoms with van der Waals surface area (Å²) in [6.45, 7) is -0.373. The van der Waals surface area contributed by atoms with Crippen molar-refractivity contribution in [3.05, 3.63) is 11.3 Å². The summed E-state index contributed by atoms with van der Waals surface area (Å²) in [5.41, 5.74) is 5.53. The first-order valence-electron chi connectivity index (χ1n) is 7.34. The van der Waals surface area contributed by atoms with Gasteiger partial charge in [-0.05, 0) is 16.0 Å². The number of carbonyl (C=O) groups is 3. The number of aromatic nitrogens is 4. The number of carboxylic acids is 2. The highest BCUT2D eigenvalue weighted by molar-refractivity contribution is 8.01. The summed E-state index contributed by atoms with van der Waals surface area (Å²) in [7, 11) is 0. The molecule has 1 aromatic rings. The molecule has 144 valence electrons. The lowest BCUT2D eigenvalue weighted by atomic mass is 10.0. The highest BCUT2D eigenvalue weighted by Gasteiger charge is 2.51. The number of aliphatic carboxylic acids is 2. The van der Waals surface area contributed by atoms with E-state index >= 15 is 0 Å². The van der Waals surface area contributed by atoms with Crippen LogP contribution in [0, 0.1) is 0 Å². The minimum Gasteiger partial charge on any atom is -0.477 e. The molecule has 1 fully saturated rings. The Kier molecular flexibility index (Phi) is 5.33. The predicted molar refractivity (Wildman–Crippen MR) is 91.1 cm³/mol. The molecular weight excluding hydrogens is 402 g/mol. The number of β-lactam (4-membered cyclic amide) rings is 1. The Morgan fingerprint density at radius 2 is 2.15 bits per heavy atom. The molecule has 1 unspecified atom stereocenters. The molecule has 0 radical (unpaired) electrons. The second-order valence-corrected chi connectivity index (χ2v) is 7.50. The molecule has 0 saturated carbocycles. The SMILES string of the molecule is NC1C(=O)N2C(C(=O)O)=C(CSc3nnnn3CC(=NO)C(=O)O)CS[C@H]12. The van der Waals surface area contributed by atoms with Gasteiger partial charge in [0, 0.05) is 11.5 Å². The Hall–Kier alpha value is -2.65. The monoisotopic (exact) mass is 415 g/mol. The second-order valence-electron chi connectivity index (χ2n) is 5.45. The van der Waals surface area contributed by atoms with Crippen LogP contribution in [0.15, 0.2) is 21.6 Å². The van der Waals surface area contributed by atoms with E-state index in [-0.39, 0.29) is 28.5 Å². The largest absolute Gasteiger partial charge is 0.477 e. The van der Waals surface area contributed by atoms with Crippen molar-refractivity contribution < 1.29 is 29.8 Å². The molecule has 0 spiro atoms. The van der Waals surface area contributed by atoms with E-state index in [4.69, 9.17) is 16.0 Å². The Morgan fingerprint density at radius 3 is 2.78 bits per heavy atom. The number of fused-ring (bicyclic) bond motifs is 1. The molecule has 0 bridgehead atoms. The summed E-state index contributed by atoms with van der Waals surface area (Å²) < 4.78 is 1.11. The van der Waals surface area contributed by atoms with Crippen LogP contribution in [0.5, 0.6) is 0 Å². The van der Waals surface area contributed by atoms with Crippen LogP contribution in [0.1, 0.15) is 0 Å². The summed E-state index contributed by atoms with van der Waals surface area (Å²) in [6, 6.07) is -0.710. The normalized spacial score (nSPS) is 22.5. The van der Waals surface area contributed by atoms with E-state index in [2.05, 4.69) is 20.7 Å². The number of thioether (sulfide) groups is 2. The van der Waals surface area contributed by atoms with E-state index in [1.165, 1.54) is 16.7 Å². The summed E-state index contributed by atoms with van der Waals surface area (Å²) in [5.74, 6) is -2.56. The molecule has 1 amide bonds. The van der Waals surface area contributed by atoms with Gasteiger partial charge in [0.05, 0.1) is 6.54 Å². The molecule has 5 N–H and O–H groups in total. The molecule has 15 heteroatoms. The number of carboxylic acid groups (broad SMARTS) is 2. The van der Waals surface area contributed by atoms with Crippen molar-refractivity contribution in [3.63, 3.8) is 0 Å². The second kappa shape index (κ2) is 7.53. The maximum absolute atomic E-state index is 11.9. The zero-order valence-corrected chi connectivity index (χ0v) is 15.1. The molecule has 2 aliphatic heterocycles. The molecule has 3 rings (SSSR count). The van der Waals surface area contributed by atoms with E-state index in [1.807, 2.05) is 0 Å². The fraction of sp³-hybridized carbons (Fsp3) is 0.417. The first-order valence-corrected chi connectivity index (χ1v) is 9.37. The Morgan fingerprint density at radius 1 is 1.41 bits per heavy atom. The smallest absolute Gasteiger partial charge is 0.355 e. The molecule has 3 heterocycles. The predicted octanol–water partition coefficient (Wildman–Crippen LogP) is -1.74. The molecule has 0 aliphatic carbocycles. The van der Waals surface area contributed by atoms with E-state index in [9.17, 15) is 19.5 Å². The third-order valence-corrected chi connectivity index (χ3v) is 6.24. The molecule has 1 aromatic heterocycles. The molecule has 1 saturated heterocycles. The average Bonchev–Trinajstić information content (AvgIpc) is 3.09. The van der Waals surface area contributed by atoms with Crippen LogP contribution >= 0.6 is 23.5 Å². The van der Waals surface area contributed by atoms with Crippen molar-refractivity contribution >= 4 is 47.1 Å². The quantitative estimate of drug-likeness (QED) is 0.129. The van der Waals surface area contributed by atoms with Gasteiger partial charge >= 0.3 is 11.9 Å².